The van der Waals surface area contributed by atoms with Crippen LogP contribution in [0.15, 0.2) is 35.5 Å². The average molecular weight is 348 g/mol. The molecular weight excluding hydrogens is 334 g/mol. The number of aromatic amines is 1. The third-order valence-corrected chi connectivity index (χ3v) is 3.79. The number of carbonyl (C=O) groups excluding carboxylic acids is 1. The fourth-order valence-electron chi connectivity index (χ4n) is 2.35. The van der Waals surface area contributed by atoms with Crippen LogP contribution < -0.4 is 5.56 Å². The Balaban J connectivity index is 2.16. The van der Waals surface area contributed by atoms with E-state index >= 15 is 0 Å². The number of rotatable bonds is 4. The normalized spacial score (nSPS) is 11.0. The smallest absolute Gasteiger partial charge is 0.343 e. The lowest BCUT2D eigenvalue weighted by Gasteiger charge is -2.09. The summed E-state index contributed by atoms with van der Waals surface area (Å²) in [5, 5.41) is 10.1. The highest BCUT2D eigenvalue weighted by atomic mass is 35.5. The summed E-state index contributed by atoms with van der Waals surface area (Å²) in [5.41, 5.74) is 1.01. The number of fused-ring (bicyclic) bond motifs is 1. The highest BCUT2D eigenvalue weighted by Crippen LogP contribution is 2.26. The van der Waals surface area contributed by atoms with Crippen molar-refractivity contribution in [1.29, 1.82) is 0 Å². The number of pyridine rings is 1. The van der Waals surface area contributed by atoms with Crippen LogP contribution in [0.25, 0.3) is 16.6 Å². The van der Waals surface area contributed by atoms with E-state index in [4.69, 9.17) is 21.4 Å². The van der Waals surface area contributed by atoms with Crippen molar-refractivity contribution in [3.63, 3.8) is 0 Å². The molecule has 0 atom stereocenters. The van der Waals surface area contributed by atoms with Gasteiger partial charge in [-0.2, -0.15) is 0 Å². The standard InChI is InChI=1S/C16H14ClN3O4/c1-2-24-16(23)11-3-9-4-14(20-6-10(7-21)18-8-20)12(17)5-13(9)19-15(11)22/h3-6,8,21H,2,7H2,1H3,(H,19,22). The van der Waals surface area contributed by atoms with Gasteiger partial charge in [0.25, 0.3) is 5.56 Å². The molecule has 0 amide bonds. The van der Waals surface area contributed by atoms with Crippen molar-refractivity contribution in [3.05, 3.63) is 57.4 Å². The topological polar surface area (TPSA) is 97.2 Å². The number of esters is 1. The Labute approximate surface area is 141 Å². The largest absolute Gasteiger partial charge is 0.462 e. The fraction of sp³-hybridized carbons (Fsp3) is 0.188. The van der Waals surface area contributed by atoms with Crippen LogP contribution in [0.1, 0.15) is 23.0 Å². The zero-order valence-corrected chi connectivity index (χ0v) is 13.5. The molecule has 2 N–H and O–H groups in total. The van der Waals surface area contributed by atoms with Crippen LogP contribution in [0.4, 0.5) is 0 Å². The van der Waals surface area contributed by atoms with E-state index in [0.29, 0.717) is 27.3 Å². The molecule has 7 nitrogen and oxygen atoms in total. The summed E-state index contributed by atoms with van der Waals surface area (Å²) in [6.07, 6.45) is 3.17. The Hall–Kier alpha value is -2.64. The molecule has 2 aromatic heterocycles. The van der Waals surface area contributed by atoms with Crippen LogP contribution in [0.2, 0.25) is 5.02 Å². The molecule has 0 saturated heterocycles. The maximum Gasteiger partial charge on any atom is 0.343 e. The van der Waals surface area contributed by atoms with Crippen molar-refractivity contribution in [2.45, 2.75) is 13.5 Å². The number of benzene rings is 1. The molecule has 3 rings (SSSR count). The molecule has 8 heteroatoms. The summed E-state index contributed by atoms with van der Waals surface area (Å²) in [5.74, 6) is -0.678. The van der Waals surface area contributed by atoms with Gasteiger partial charge in [0.05, 0.1) is 35.9 Å². The van der Waals surface area contributed by atoms with Crippen molar-refractivity contribution in [2.75, 3.05) is 6.61 Å². The summed E-state index contributed by atoms with van der Waals surface area (Å²) >= 11 is 6.27. The molecule has 0 radical (unpaired) electrons. The van der Waals surface area contributed by atoms with Crippen LogP contribution in [-0.2, 0) is 11.3 Å². The summed E-state index contributed by atoms with van der Waals surface area (Å²) in [6, 6.07) is 4.79. The molecule has 124 valence electrons. The van der Waals surface area contributed by atoms with Crippen molar-refractivity contribution in [2.24, 2.45) is 0 Å². The van der Waals surface area contributed by atoms with Gasteiger partial charge >= 0.3 is 5.97 Å². The molecule has 3 aromatic rings. The first-order valence-electron chi connectivity index (χ1n) is 7.21. The van der Waals surface area contributed by atoms with Crippen molar-refractivity contribution >= 4 is 28.5 Å². The van der Waals surface area contributed by atoms with Gasteiger partial charge in [-0.15, -0.1) is 0 Å². The number of aromatic nitrogens is 3. The molecular formula is C16H14ClN3O4. The molecule has 2 heterocycles. The molecule has 1 aromatic carbocycles. The number of aliphatic hydroxyl groups is 1. The number of H-pyrrole nitrogens is 1. The van der Waals surface area contributed by atoms with Gasteiger partial charge in [0.15, 0.2) is 0 Å². The van der Waals surface area contributed by atoms with E-state index in [1.54, 1.807) is 29.8 Å². The molecule has 0 bridgehead atoms. The number of carbonyl (C=O) groups is 1. The van der Waals surface area contributed by atoms with Gasteiger partial charge in [-0.25, -0.2) is 9.78 Å². The van der Waals surface area contributed by atoms with Gasteiger partial charge < -0.3 is 19.4 Å². The molecule has 0 saturated carbocycles. The highest BCUT2D eigenvalue weighted by molar-refractivity contribution is 6.33. The second-order valence-corrected chi connectivity index (χ2v) is 5.46. The van der Waals surface area contributed by atoms with E-state index in [1.807, 2.05) is 0 Å². The molecule has 24 heavy (non-hydrogen) atoms. The zero-order valence-electron chi connectivity index (χ0n) is 12.7. The predicted molar refractivity (Wildman–Crippen MR) is 88.6 cm³/mol. The number of nitrogens with zero attached hydrogens (tertiary/aromatic N) is 2. The number of imidazole rings is 1. The molecule has 0 aliphatic carbocycles. The first kappa shape index (κ1) is 16.2. The third-order valence-electron chi connectivity index (χ3n) is 3.48. The minimum absolute atomic E-state index is 0.0701. The van der Waals surface area contributed by atoms with Gasteiger partial charge in [-0.1, -0.05) is 11.6 Å². The Morgan fingerprint density at radius 2 is 2.21 bits per heavy atom. The third kappa shape index (κ3) is 2.91. The van der Waals surface area contributed by atoms with Crippen molar-refractivity contribution in [3.8, 4) is 5.69 Å². The van der Waals surface area contributed by atoms with E-state index in [2.05, 4.69) is 9.97 Å². The molecule has 0 aliphatic rings. The first-order valence-corrected chi connectivity index (χ1v) is 7.59. The molecule has 0 aliphatic heterocycles. The van der Waals surface area contributed by atoms with Crippen LogP contribution in [-0.4, -0.2) is 32.2 Å². The number of hydrogen-bond acceptors (Lipinski definition) is 5. The Morgan fingerprint density at radius 3 is 2.88 bits per heavy atom. The second kappa shape index (κ2) is 6.46. The maximum atomic E-state index is 12.0. The van der Waals surface area contributed by atoms with Gasteiger partial charge in [0.1, 0.15) is 5.56 Å². The number of ether oxygens (including phenoxy) is 1. The fourth-order valence-corrected chi connectivity index (χ4v) is 2.61. The van der Waals surface area contributed by atoms with E-state index in [1.165, 1.54) is 12.4 Å². The number of aliphatic hydroxyl groups excluding tert-OH is 1. The summed E-state index contributed by atoms with van der Waals surface area (Å²) in [7, 11) is 0. The van der Waals surface area contributed by atoms with Crippen LogP contribution in [0.5, 0.6) is 0 Å². The Kier molecular flexibility index (Phi) is 4.37. The van der Waals surface area contributed by atoms with Gasteiger partial charge in [-0.3, -0.25) is 4.79 Å². The van der Waals surface area contributed by atoms with Crippen molar-refractivity contribution < 1.29 is 14.6 Å². The van der Waals surface area contributed by atoms with Crippen molar-refractivity contribution in [1.82, 2.24) is 14.5 Å². The van der Waals surface area contributed by atoms with E-state index in [9.17, 15) is 9.59 Å². The molecule has 0 fully saturated rings. The molecule has 0 spiro atoms. The van der Waals surface area contributed by atoms with E-state index in [0.717, 1.165) is 0 Å². The lowest BCUT2D eigenvalue weighted by atomic mass is 10.1. The Morgan fingerprint density at radius 1 is 1.42 bits per heavy atom. The minimum Gasteiger partial charge on any atom is -0.462 e. The minimum atomic E-state index is -0.678. The zero-order chi connectivity index (χ0) is 17.3. The number of halogens is 1. The highest BCUT2D eigenvalue weighted by Gasteiger charge is 2.14. The van der Waals surface area contributed by atoms with Crippen LogP contribution >= 0.6 is 11.6 Å². The maximum absolute atomic E-state index is 12.0. The van der Waals surface area contributed by atoms with Gasteiger partial charge in [0.2, 0.25) is 0 Å². The SMILES string of the molecule is CCOC(=O)c1cc2cc(-n3cnc(CO)c3)c(Cl)cc2[nH]c1=O. The van der Waals surface area contributed by atoms with Gasteiger partial charge in [-0.05, 0) is 25.1 Å². The molecule has 0 unspecified atom stereocenters. The predicted octanol–water partition coefficient (Wildman–Crippen LogP) is 2.04. The number of nitrogens with one attached hydrogen (secondary N) is 1. The summed E-state index contributed by atoms with van der Waals surface area (Å²) in [6.45, 7) is 1.67. The van der Waals surface area contributed by atoms with E-state index in [-0.39, 0.29) is 18.8 Å². The van der Waals surface area contributed by atoms with Crippen LogP contribution in [0.3, 0.4) is 0 Å². The summed E-state index contributed by atoms with van der Waals surface area (Å²) in [4.78, 5) is 30.5. The lowest BCUT2D eigenvalue weighted by molar-refractivity contribution is 0.0524. The lowest BCUT2D eigenvalue weighted by Crippen LogP contribution is -2.19. The Bertz CT molecular complexity index is 977. The average Bonchev–Trinajstić information content (AvgIpc) is 3.02. The van der Waals surface area contributed by atoms with Gasteiger partial charge in [0, 0.05) is 17.1 Å². The quantitative estimate of drug-likeness (QED) is 0.704. The first-order chi connectivity index (χ1) is 11.5. The monoisotopic (exact) mass is 347 g/mol. The van der Waals surface area contributed by atoms with E-state index < -0.39 is 11.5 Å². The van der Waals surface area contributed by atoms with Crippen LogP contribution in [0, 0.1) is 0 Å². The second-order valence-electron chi connectivity index (χ2n) is 5.05. The summed E-state index contributed by atoms with van der Waals surface area (Å²) < 4.78 is 6.54. The number of hydrogen-bond donors (Lipinski definition) is 2.